The number of hydrogen-bond donors (Lipinski definition) is 3. The van der Waals surface area contributed by atoms with Crippen molar-refractivity contribution in [3.63, 3.8) is 0 Å². The smallest absolute Gasteiger partial charge is 0.316 e. The summed E-state index contributed by atoms with van der Waals surface area (Å²) in [5, 5.41) is 17.7. The summed E-state index contributed by atoms with van der Waals surface area (Å²) in [5.74, 6) is -1.31. The Bertz CT molecular complexity index is 801. The molecule has 0 unspecified atom stereocenters. The average Bonchev–Trinajstić information content (AvgIpc) is 3.22. The zero-order chi connectivity index (χ0) is 21.2. The number of aliphatic hydroxyl groups is 1. The molecule has 0 radical (unpaired) electrons. The second-order valence-electron chi connectivity index (χ2n) is 5.61. The van der Waals surface area contributed by atoms with Gasteiger partial charge >= 0.3 is 6.01 Å². The molecule has 13 heteroatoms. The number of carbonyl (C=O) groups excluding carboxylic acids is 2. The zero-order valence-electron chi connectivity index (χ0n) is 15.3. The van der Waals surface area contributed by atoms with Crippen molar-refractivity contribution in [1.82, 2.24) is 25.8 Å². The molecule has 3 N–H and O–H groups in total. The van der Waals surface area contributed by atoms with Gasteiger partial charge < -0.3 is 29.7 Å². The fraction of sp³-hybridized carbons (Fsp3) is 0.438. The van der Waals surface area contributed by atoms with Gasteiger partial charge in [0.1, 0.15) is 0 Å². The minimum absolute atomic E-state index is 0.0280. The summed E-state index contributed by atoms with van der Waals surface area (Å²) in [7, 11) is 1.41. The van der Waals surface area contributed by atoms with Crippen molar-refractivity contribution in [3.8, 4) is 11.8 Å². The van der Waals surface area contributed by atoms with Gasteiger partial charge in [-0.25, -0.2) is 8.78 Å². The highest BCUT2D eigenvalue weighted by atomic mass is 19.3. The van der Waals surface area contributed by atoms with Gasteiger partial charge in [0, 0.05) is 19.2 Å². The molecule has 2 aromatic heterocycles. The normalized spacial score (nSPS) is 11.8. The molecule has 0 fully saturated rings. The number of ether oxygens (including phenoxy) is 2. The van der Waals surface area contributed by atoms with Crippen molar-refractivity contribution < 1.29 is 37.5 Å². The third kappa shape index (κ3) is 7.29. The van der Waals surface area contributed by atoms with E-state index in [-0.39, 0.29) is 43.6 Å². The van der Waals surface area contributed by atoms with Gasteiger partial charge in [0.2, 0.25) is 5.76 Å². The van der Waals surface area contributed by atoms with E-state index in [2.05, 4.69) is 30.3 Å². The molecule has 1 atom stereocenters. The number of nitrogens with one attached hydrogen (secondary N) is 2. The van der Waals surface area contributed by atoms with Crippen LogP contribution < -0.4 is 20.1 Å². The molecule has 2 heterocycles. The minimum atomic E-state index is -2.84. The number of aliphatic hydroxyl groups excluding tert-OH is 1. The lowest BCUT2D eigenvalue weighted by molar-refractivity contribution is -0.123. The molecule has 0 aliphatic carbocycles. The number of methoxy groups -OCH3 is 1. The molecule has 0 saturated heterocycles. The van der Waals surface area contributed by atoms with Gasteiger partial charge in [0.15, 0.2) is 18.1 Å². The first-order valence-electron chi connectivity index (χ1n) is 8.35. The van der Waals surface area contributed by atoms with E-state index in [1.54, 1.807) is 0 Å². The lowest BCUT2D eigenvalue weighted by Gasteiger charge is -2.12. The quantitative estimate of drug-likeness (QED) is 0.464. The van der Waals surface area contributed by atoms with Gasteiger partial charge in [0.05, 0.1) is 25.6 Å². The van der Waals surface area contributed by atoms with Gasteiger partial charge in [-0.1, -0.05) is 5.16 Å². The van der Waals surface area contributed by atoms with Gasteiger partial charge in [-0.15, -0.1) is 0 Å². The van der Waals surface area contributed by atoms with Crippen molar-refractivity contribution in [2.45, 2.75) is 19.0 Å². The van der Waals surface area contributed by atoms with Crippen LogP contribution in [0, 0.1) is 0 Å². The van der Waals surface area contributed by atoms with Crippen LogP contribution in [0.3, 0.4) is 0 Å². The lowest BCUT2D eigenvalue weighted by atomic mass is 10.2. The minimum Gasteiger partial charge on any atom is -0.481 e. The summed E-state index contributed by atoms with van der Waals surface area (Å²) in [6.07, 6.45) is -0.998. The number of hydrogen-bond acceptors (Lipinski definition) is 9. The van der Waals surface area contributed by atoms with Crippen LogP contribution in [0.2, 0.25) is 0 Å². The third-order valence-corrected chi connectivity index (χ3v) is 3.43. The average molecular weight is 415 g/mol. The highest BCUT2D eigenvalue weighted by Crippen LogP contribution is 2.17. The summed E-state index contributed by atoms with van der Waals surface area (Å²) < 4.78 is 39.3. The molecule has 2 amide bonds. The number of halogens is 2. The topological polar surface area (TPSA) is 149 Å². The Morgan fingerprint density at radius 3 is 2.62 bits per heavy atom. The molecule has 2 aromatic rings. The molecule has 0 spiro atoms. The van der Waals surface area contributed by atoms with Crippen LogP contribution in [-0.2, 0) is 4.79 Å². The van der Waals surface area contributed by atoms with Gasteiger partial charge in [-0.05, 0) is 6.42 Å². The largest absolute Gasteiger partial charge is 0.481 e. The predicted molar refractivity (Wildman–Crippen MR) is 91.5 cm³/mol. The maximum atomic E-state index is 12.4. The summed E-state index contributed by atoms with van der Waals surface area (Å²) >= 11 is 0. The van der Waals surface area contributed by atoms with E-state index in [0.717, 1.165) is 6.07 Å². The van der Waals surface area contributed by atoms with E-state index in [9.17, 15) is 23.5 Å². The molecule has 158 valence electrons. The molecular formula is C16H19F2N5O6. The van der Waals surface area contributed by atoms with Crippen LogP contribution in [0.25, 0.3) is 0 Å². The van der Waals surface area contributed by atoms with Crippen molar-refractivity contribution in [2.75, 3.05) is 26.8 Å². The molecule has 0 bridgehead atoms. The van der Waals surface area contributed by atoms with E-state index in [1.807, 2.05) is 0 Å². The Labute approximate surface area is 163 Å². The van der Waals surface area contributed by atoms with Gasteiger partial charge in [-0.3, -0.25) is 9.59 Å². The van der Waals surface area contributed by atoms with Crippen LogP contribution in [0.5, 0.6) is 11.8 Å². The second-order valence-corrected chi connectivity index (χ2v) is 5.61. The SMILES string of the molecule is COc1ncc(OCC(=O)NC[C@@H](O)CCNC(=O)c2cc(C(F)F)no2)cn1. The third-order valence-electron chi connectivity index (χ3n) is 3.43. The maximum Gasteiger partial charge on any atom is 0.316 e. The van der Waals surface area contributed by atoms with Crippen LogP contribution >= 0.6 is 0 Å². The highest BCUT2D eigenvalue weighted by molar-refractivity contribution is 5.91. The number of amides is 2. The fourth-order valence-corrected chi connectivity index (χ4v) is 1.96. The van der Waals surface area contributed by atoms with E-state index >= 15 is 0 Å². The molecule has 11 nitrogen and oxygen atoms in total. The number of rotatable bonds is 11. The Kier molecular flexibility index (Phi) is 8.21. The van der Waals surface area contributed by atoms with E-state index in [4.69, 9.17) is 9.47 Å². The van der Waals surface area contributed by atoms with Crippen molar-refractivity contribution in [1.29, 1.82) is 0 Å². The Morgan fingerprint density at radius 2 is 2.00 bits per heavy atom. The number of carbonyl (C=O) groups is 2. The Balaban J connectivity index is 1.61. The van der Waals surface area contributed by atoms with Crippen molar-refractivity contribution in [3.05, 3.63) is 29.9 Å². The Morgan fingerprint density at radius 1 is 1.28 bits per heavy atom. The molecule has 0 aliphatic rings. The molecular weight excluding hydrogens is 396 g/mol. The second kappa shape index (κ2) is 10.8. The number of nitrogens with zero attached hydrogens (tertiary/aromatic N) is 3. The molecule has 29 heavy (non-hydrogen) atoms. The zero-order valence-corrected chi connectivity index (χ0v) is 15.3. The van der Waals surface area contributed by atoms with E-state index in [1.165, 1.54) is 19.5 Å². The molecule has 0 aliphatic heterocycles. The Hall–Kier alpha value is -3.35. The first kappa shape index (κ1) is 21.9. The maximum absolute atomic E-state index is 12.4. The standard InChI is InChI=1S/C16H19F2N5O6/c1-27-16-21-6-10(7-22-16)28-8-13(25)20-5-9(24)2-3-19-15(26)12-4-11(14(17)18)23-29-12/h4,6-7,9,14,24H,2-3,5,8H2,1H3,(H,19,26)(H,20,25)/t9-/m0/s1. The van der Waals surface area contributed by atoms with E-state index in [0.29, 0.717) is 0 Å². The van der Waals surface area contributed by atoms with Crippen LogP contribution in [0.4, 0.5) is 8.78 Å². The van der Waals surface area contributed by atoms with Crippen molar-refractivity contribution in [2.24, 2.45) is 0 Å². The van der Waals surface area contributed by atoms with Crippen LogP contribution in [0.1, 0.15) is 29.1 Å². The lowest BCUT2D eigenvalue weighted by Crippen LogP contribution is -2.37. The van der Waals surface area contributed by atoms with Crippen molar-refractivity contribution >= 4 is 11.8 Å². The monoisotopic (exact) mass is 415 g/mol. The summed E-state index contributed by atoms with van der Waals surface area (Å²) in [6, 6.07) is 1.000. The number of alkyl halides is 2. The van der Waals surface area contributed by atoms with Gasteiger partial charge in [-0.2, -0.15) is 9.97 Å². The summed E-state index contributed by atoms with van der Waals surface area (Å²) in [5.41, 5.74) is -0.638. The number of aromatic nitrogens is 3. The molecule has 2 rings (SSSR count). The van der Waals surface area contributed by atoms with Gasteiger partial charge in [0.25, 0.3) is 18.2 Å². The highest BCUT2D eigenvalue weighted by Gasteiger charge is 2.18. The summed E-state index contributed by atoms with van der Waals surface area (Å²) in [4.78, 5) is 31.1. The first-order valence-corrected chi connectivity index (χ1v) is 8.35. The van der Waals surface area contributed by atoms with Crippen LogP contribution in [-0.4, -0.2) is 65.0 Å². The predicted octanol–water partition coefficient (Wildman–Crippen LogP) is 0.0868. The fourth-order valence-electron chi connectivity index (χ4n) is 1.96. The summed E-state index contributed by atoms with van der Waals surface area (Å²) in [6.45, 7) is -0.355. The first-order chi connectivity index (χ1) is 13.9. The van der Waals surface area contributed by atoms with E-state index < -0.39 is 30.0 Å². The van der Waals surface area contributed by atoms with Crippen LogP contribution in [0.15, 0.2) is 23.0 Å². The molecule has 0 aromatic carbocycles. The molecule has 0 saturated carbocycles.